The van der Waals surface area contributed by atoms with E-state index in [9.17, 15) is 0 Å². The Morgan fingerprint density at radius 1 is 0.268 bits per heavy atom. The second kappa shape index (κ2) is 12.4. The molecule has 6 rings (SSSR count). The van der Waals surface area contributed by atoms with Crippen molar-refractivity contribution < 1.29 is 0 Å². The van der Waals surface area contributed by atoms with Crippen molar-refractivity contribution in [3.05, 3.63) is 182 Å². The van der Waals surface area contributed by atoms with Gasteiger partial charge in [-0.1, -0.05) is 182 Å². The van der Waals surface area contributed by atoms with Gasteiger partial charge in [0, 0.05) is 11.4 Å². The van der Waals surface area contributed by atoms with E-state index in [1.807, 2.05) is 0 Å². The molecule has 0 fully saturated rings. The van der Waals surface area contributed by atoms with E-state index >= 15 is 0 Å². The molecule has 0 aliphatic rings. The van der Waals surface area contributed by atoms with E-state index in [1.54, 1.807) is 0 Å². The summed E-state index contributed by atoms with van der Waals surface area (Å²) in [4.78, 5) is 0. The lowest BCUT2D eigenvalue weighted by molar-refractivity contribution is 1.61. The predicted octanol–water partition coefficient (Wildman–Crippen LogP) is 4.77. The van der Waals surface area contributed by atoms with Crippen LogP contribution in [0.1, 0.15) is 0 Å². The van der Waals surface area contributed by atoms with Crippen molar-refractivity contribution in [1.82, 2.24) is 0 Å². The molecule has 0 radical (unpaired) electrons. The minimum Gasteiger partial charge on any atom is -0.239 e. The van der Waals surface area contributed by atoms with E-state index in [1.165, 1.54) is 42.5 Å². The first-order chi connectivity index (χ1) is 20.3. The van der Waals surface area contributed by atoms with Crippen LogP contribution in [-0.2, 0) is 11.4 Å². The van der Waals surface area contributed by atoms with Gasteiger partial charge in [0.15, 0.2) is 0 Å². The lowest BCUT2D eigenvalue weighted by Crippen LogP contribution is -2.66. The smallest absolute Gasteiger partial charge is 0.239 e. The molecule has 5 heteroatoms. The van der Waals surface area contributed by atoms with Gasteiger partial charge in [-0.05, 0) is 31.1 Å². The van der Waals surface area contributed by atoms with E-state index in [-0.39, 0.29) is 0 Å². The first-order valence-electron chi connectivity index (χ1n) is 13.8. The highest BCUT2D eigenvalue weighted by atomic mass is 32.1. The van der Waals surface area contributed by atoms with Crippen molar-refractivity contribution in [1.29, 1.82) is 0 Å². The van der Waals surface area contributed by atoms with Crippen molar-refractivity contribution in [2.24, 2.45) is 8.06 Å². The molecule has 0 unspecified atom stereocenters. The molecule has 6 aromatic rings. The quantitative estimate of drug-likeness (QED) is 0.184. The summed E-state index contributed by atoms with van der Waals surface area (Å²) in [7, 11) is -5.62. The lowest BCUT2D eigenvalue weighted by Gasteiger charge is -2.29. The SMILES string of the molecule is c1ccc([Si](N=S=N[Si](c2ccccc2)(c2ccccc2)c2ccccc2)(c2ccccc2)c2ccccc2)cc1. The summed E-state index contributed by atoms with van der Waals surface area (Å²) in [5.41, 5.74) is 0. The maximum absolute atomic E-state index is 5.65. The van der Waals surface area contributed by atoms with E-state index in [4.69, 9.17) is 8.06 Å². The zero-order chi connectivity index (χ0) is 27.8. The van der Waals surface area contributed by atoms with Gasteiger partial charge in [0.05, 0.1) is 0 Å². The Kier molecular flexibility index (Phi) is 8.10. The van der Waals surface area contributed by atoms with Gasteiger partial charge in [0.1, 0.15) is 0 Å². The fourth-order valence-electron chi connectivity index (χ4n) is 5.54. The fraction of sp³-hybridized carbons (Fsp3) is 0. The highest BCUT2D eigenvalue weighted by molar-refractivity contribution is 7.61. The summed E-state index contributed by atoms with van der Waals surface area (Å²) < 4.78 is 11.3. The highest BCUT2D eigenvalue weighted by Gasteiger charge is 2.42. The summed E-state index contributed by atoms with van der Waals surface area (Å²) in [6, 6.07) is 64.7. The van der Waals surface area contributed by atoms with Gasteiger partial charge in [0.2, 0.25) is 0 Å². The number of hydrogen-bond donors (Lipinski definition) is 0. The molecule has 0 N–H and O–H groups in total. The van der Waals surface area contributed by atoms with Crippen molar-refractivity contribution in [3.8, 4) is 0 Å². The molecule has 0 heterocycles. The zero-order valence-corrected chi connectivity index (χ0v) is 25.4. The van der Waals surface area contributed by atoms with Gasteiger partial charge in [-0.3, -0.25) is 0 Å². The predicted molar refractivity (Wildman–Crippen MR) is 180 cm³/mol. The van der Waals surface area contributed by atoms with Crippen molar-refractivity contribution in [2.45, 2.75) is 0 Å². The molecular weight excluding hydrogens is 549 g/mol. The molecule has 41 heavy (non-hydrogen) atoms. The van der Waals surface area contributed by atoms with Crippen LogP contribution in [0.3, 0.4) is 0 Å². The third-order valence-corrected chi connectivity index (χ3v) is 17.4. The molecule has 0 aliphatic heterocycles. The maximum Gasteiger partial charge on any atom is 0.291 e. The van der Waals surface area contributed by atoms with Crippen molar-refractivity contribution in [2.75, 3.05) is 0 Å². The van der Waals surface area contributed by atoms with Gasteiger partial charge < -0.3 is 0 Å². The summed E-state index contributed by atoms with van der Waals surface area (Å²) in [6.07, 6.45) is 0. The van der Waals surface area contributed by atoms with E-state index in [2.05, 4.69) is 182 Å². The molecule has 2 nitrogen and oxygen atoms in total. The molecule has 0 amide bonds. The molecule has 198 valence electrons. The average molecular weight is 579 g/mol. The lowest BCUT2D eigenvalue weighted by atomic mass is 10.3. The zero-order valence-electron chi connectivity index (χ0n) is 22.6. The van der Waals surface area contributed by atoms with Gasteiger partial charge in [0.25, 0.3) is 16.5 Å². The molecule has 0 bridgehead atoms. The second-order valence-electron chi connectivity index (χ2n) is 9.88. The standard InChI is InChI=1S/C36H30N2SSi2/c1-7-19-31(20-8-1)40(32-21-9-2-10-22-32,33-23-11-3-12-24-33)37-39-38-41(34-25-13-4-14-26-34,35-27-15-5-16-28-35)36-29-17-6-18-30-36/h1-30H. The van der Waals surface area contributed by atoms with Crippen molar-refractivity contribution >= 4 is 58.9 Å². The van der Waals surface area contributed by atoms with Crippen molar-refractivity contribution in [3.63, 3.8) is 0 Å². The van der Waals surface area contributed by atoms with Crippen LogP contribution >= 0.6 is 0 Å². The average Bonchev–Trinajstić information content (AvgIpc) is 3.08. The number of rotatable bonds is 8. The van der Waals surface area contributed by atoms with E-state index in [0.29, 0.717) is 0 Å². The number of benzene rings is 6. The summed E-state index contributed by atoms with van der Waals surface area (Å²) in [6.45, 7) is 0. The largest absolute Gasteiger partial charge is 0.291 e. The monoisotopic (exact) mass is 578 g/mol. The minimum atomic E-state index is -2.81. The number of hydrogen-bond acceptors (Lipinski definition) is 2. The van der Waals surface area contributed by atoms with Crippen LogP contribution in [0, 0.1) is 0 Å². The molecule has 0 saturated heterocycles. The van der Waals surface area contributed by atoms with Gasteiger partial charge in [-0.15, -0.1) is 0 Å². The second-order valence-corrected chi connectivity index (χ2v) is 17.8. The maximum atomic E-state index is 5.65. The van der Waals surface area contributed by atoms with Crippen LogP contribution in [0.5, 0.6) is 0 Å². The minimum absolute atomic E-state index is 1.24. The Morgan fingerprint density at radius 3 is 0.610 bits per heavy atom. The first kappa shape index (κ1) is 26.8. The van der Waals surface area contributed by atoms with E-state index in [0.717, 1.165) is 0 Å². The Bertz CT molecular complexity index is 1420. The number of nitrogens with zero attached hydrogens (tertiary/aromatic N) is 2. The van der Waals surface area contributed by atoms with Crippen LogP contribution in [-0.4, -0.2) is 16.5 Å². The normalized spacial score (nSPS) is 11.4. The van der Waals surface area contributed by atoms with Gasteiger partial charge in [-0.2, -0.15) is 0 Å². The molecule has 6 aromatic carbocycles. The van der Waals surface area contributed by atoms with Crippen LogP contribution < -0.4 is 31.1 Å². The van der Waals surface area contributed by atoms with Crippen LogP contribution in [0.15, 0.2) is 190 Å². The van der Waals surface area contributed by atoms with Crippen LogP contribution in [0.2, 0.25) is 0 Å². The van der Waals surface area contributed by atoms with E-state index < -0.39 is 16.5 Å². The van der Waals surface area contributed by atoms with Crippen LogP contribution in [0.25, 0.3) is 0 Å². The molecule has 0 aromatic heterocycles. The molecular formula is C36H30N2SSi2. The Labute approximate surface area is 248 Å². The fourth-order valence-corrected chi connectivity index (χ4v) is 15.6. The molecule has 0 saturated carbocycles. The molecule has 0 atom stereocenters. The van der Waals surface area contributed by atoms with Crippen LogP contribution in [0.4, 0.5) is 0 Å². The summed E-state index contributed by atoms with van der Waals surface area (Å²) in [5, 5.41) is 7.45. The summed E-state index contributed by atoms with van der Waals surface area (Å²) in [5.74, 6) is 0. The highest BCUT2D eigenvalue weighted by Crippen LogP contribution is 2.12. The summed E-state index contributed by atoms with van der Waals surface area (Å²) >= 11 is 1.41. The Morgan fingerprint density at radius 2 is 0.439 bits per heavy atom. The Hall–Kier alpha value is -4.43. The third kappa shape index (κ3) is 5.23. The molecule has 0 aliphatic carbocycles. The van der Waals surface area contributed by atoms with Gasteiger partial charge >= 0.3 is 0 Å². The van der Waals surface area contributed by atoms with Gasteiger partial charge in [-0.25, -0.2) is 8.06 Å². The molecule has 0 spiro atoms. The first-order valence-corrected chi connectivity index (χ1v) is 18.4. The Balaban J connectivity index is 1.68. The third-order valence-electron chi connectivity index (χ3n) is 7.50. The topological polar surface area (TPSA) is 24.7 Å².